The number of aromatic nitrogens is 4. The van der Waals surface area contributed by atoms with Gasteiger partial charge in [-0.15, -0.1) is 24.0 Å². The Morgan fingerprint density at radius 2 is 2.03 bits per heavy atom. The topological polar surface area (TPSA) is 63.3 Å². The van der Waals surface area contributed by atoms with E-state index in [1.54, 1.807) is 6.20 Å². The fourth-order valence-electron chi connectivity index (χ4n) is 3.55. The van der Waals surface area contributed by atoms with E-state index in [0.717, 1.165) is 31.3 Å². The van der Waals surface area contributed by atoms with Crippen LogP contribution in [0.2, 0.25) is 0 Å². The van der Waals surface area contributed by atoms with E-state index in [4.69, 9.17) is 4.99 Å². The summed E-state index contributed by atoms with van der Waals surface area (Å²) in [5.41, 5.74) is 4.83. The molecule has 7 nitrogen and oxygen atoms in total. The third kappa shape index (κ3) is 7.09. The Balaban J connectivity index is 0.00000341. The molecular weight excluding hydrogens is 501 g/mol. The van der Waals surface area contributed by atoms with Gasteiger partial charge >= 0.3 is 0 Å². The summed E-state index contributed by atoms with van der Waals surface area (Å²) < 4.78 is 3.97. The Morgan fingerprint density at radius 1 is 1.26 bits per heavy atom. The van der Waals surface area contributed by atoms with E-state index in [9.17, 15) is 0 Å². The van der Waals surface area contributed by atoms with Crippen molar-refractivity contribution < 1.29 is 0 Å². The lowest BCUT2D eigenvalue weighted by Gasteiger charge is -2.22. The van der Waals surface area contributed by atoms with Gasteiger partial charge in [0.05, 0.1) is 18.6 Å². The predicted molar refractivity (Wildman–Crippen MR) is 137 cm³/mol. The fraction of sp³-hybridized carbons (Fsp3) is 0.435. The molecule has 0 saturated carbocycles. The van der Waals surface area contributed by atoms with Crippen LogP contribution in [0.1, 0.15) is 49.1 Å². The van der Waals surface area contributed by atoms with Gasteiger partial charge in [-0.1, -0.05) is 38.1 Å². The number of aryl methyl sites for hydroxylation is 1. The largest absolute Gasteiger partial charge is 0.357 e. The van der Waals surface area contributed by atoms with Crippen LogP contribution in [0, 0.1) is 0 Å². The molecule has 0 unspecified atom stereocenters. The summed E-state index contributed by atoms with van der Waals surface area (Å²) in [5, 5.41) is 8.04. The number of guanidine groups is 1. The van der Waals surface area contributed by atoms with Gasteiger partial charge in [0, 0.05) is 57.9 Å². The standard InChI is InChI=1S/C23H33N7.HI/c1-6-25-23(28(4)15-21-16-29(5)27-22(21)18(2)3)26-13-19-8-7-9-20(12-19)14-30-11-10-24-17-30;/h7-12,16-18H,6,13-15H2,1-5H3,(H,25,26);1H. The van der Waals surface area contributed by atoms with Crippen molar-refractivity contribution in [2.24, 2.45) is 12.0 Å². The zero-order valence-electron chi connectivity index (χ0n) is 19.1. The van der Waals surface area contributed by atoms with Crippen molar-refractivity contribution in [3.05, 3.63) is 71.6 Å². The van der Waals surface area contributed by atoms with Crippen molar-refractivity contribution in [3.8, 4) is 0 Å². The van der Waals surface area contributed by atoms with Crippen molar-refractivity contribution in [3.63, 3.8) is 0 Å². The number of nitrogens with zero attached hydrogens (tertiary/aromatic N) is 6. The van der Waals surface area contributed by atoms with Crippen molar-refractivity contribution >= 4 is 29.9 Å². The first-order chi connectivity index (χ1) is 14.5. The van der Waals surface area contributed by atoms with Gasteiger partial charge in [-0.3, -0.25) is 4.68 Å². The molecule has 0 atom stereocenters. The summed E-state index contributed by atoms with van der Waals surface area (Å²) in [6, 6.07) is 8.58. The molecule has 8 heteroatoms. The van der Waals surface area contributed by atoms with E-state index in [2.05, 4.69) is 83.1 Å². The Labute approximate surface area is 202 Å². The Morgan fingerprint density at radius 3 is 2.71 bits per heavy atom. The molecule has 2 heterocycles. The minimum Gasteiger partial charge on any atom is -0.357 e. The van der Waals surface area contributed by atoms with Gasteiger partial charge in [-0.05, 0) is 24.0 Å². The number of hydrogen-bond donors (Lipinski definition) is 1. The third-order valence-corrected chi connectivity index (χ3v) is 4.92. The van der Waals surface area contributed by atoms with Gasteiger partial charge in [-0.25, -0.2) is 9.98 Å². The van der Waals surface area contributed by atoms with Crippen LogP contribution in [0.25, 0.3) is 0 Å². The average molecular weight is 535 g/mol. The number of imidazole rings is 1. The Bertz CT molecular complexity index is 960. The molecule has 0 radical (unpaired) electrons. The van der Waals surface area contributed by atoms with E-state index in [1.807, 2.05) is 24.3 Å². The van der Waals surface area contributed by atoms with E-state index >= 15 is 0 Å². The molecule has 0 aliphatic rings. The quantitative estimate of drug-likeness (QED) is 0.269. The number of aliphatic imine (C=N–C) groups is 1. The molecule has 0 amide bonds. The Kier molecular flexibility index (Phi) is 9.54. The lowest BCUT2D eigenvalue weighted by atomic mass is 10.1. The van der Waals surface area contributed by atoms with Gasteiger partial charge in [0.25, 0.3) is 0 Å². The van der Waals surface area contributed by atoms with Crippen LogP contribution >= 0.6 is 24.0 Å². The second kappa shape index (κ2) is 11.9. The zero-order chi connectivity index (χ0) is 21.5. The number of halogens is 1. The zero-order valence-corrected chi connectivity index (χ0v) is 21.4. The van der Waals surface area contributed by atoms with Gasteiger partial charge in [-0.2, -0.15) is 5.10 Å². The number of hydrogen-bond acceptors (Lipinski definition) is 3. The molecule has 0 fully saturated rings. The summed E-state index contributed by atoms with van der Waals surface area (Å²) in [4.78, 5) is 11.2. The van der Waals surface area contributed by atoms with E-state index in [0.29, 0.717) is 12.5 Å². The van der Waals surface area contributed by atoms with Gasteiger partial charge in [0.15, 0.2) is 5.96 Å². The molecule has 3 rings (SSSR count). The van der Waals surface area contributed by atoms with Crippen molar-refractivity contribution in [1.29, 1.82) is 0 Å². The normalized spacial score (nSPS) is 11.5. The number of nitrogens with one attached hydrogen (secondary N) is 1. The van der Waals surface area contributed by atoms with Crippen LogP contribution in [0.5, 0.6) is 0 Å². The van der Waals surface area contributed by atoms with Crippen LogP contribution in [-0.2, 0) is 26.7 Å². The number of rotatable bonds is 8. The molecule has 1 N–H and O–H groups in total. The molecule has 0 bridgehead atoms. The first-order valence-electron chi connectivity index (χ1n) is 10.5. The van der Waals surface area contributed by atoms with E-state index < -0.39 is 0 Å². The SMILES string of the molecule is CCNC(=NCc1cccc(Cn2ccnc2)c1)N(C)Cc1cn(C)nc1C(C)C.I. The van der Waals surface area contributed by atoms with Gasteiger partial charge < -0.3 is 14.8 Å². The van der Waals surface area contributed by atoms with Crippen molar-refractivity contribution in [2.45, 2.75) is 46.3 Å². The molecule has 0 saturated heterocycles. The molecule has 2 aromatic heterocycles. The van der Waals surface area contributed by atoms with Crippen molar-refractivity contribution in [2.75, 3.05) is 13.6 Å². The first kappa shape index (κ1) is 24.9. The summed E-state index contributed by atoms with van der Waals surface area (Å²) in [6.07, 6.45) is 7.73. The number of benzene rings is 1. The second-order valence-electron chi connectivity index (χ2n) is 7.95. The molecule has 168 valence electrons. The molecule has 3 aromatic rings. The van der Waals surface area contributed by atoms with Crippen LogP contribution in [-0.4, -0.2) is 43.8 Å². The van der Waals surface area contributed by atoms with Crippen LogP contribution in [0.4, 0.5) is 0 Å². The van der Waals surface area contributed by atoms with Crippen LogP contribution < -0.4 is 5.32 Å². The van der Waals surface area contributed by atoms with Crippen molar-refractivity contribution in [1.82, 2.24) is 29.5 Å². The van der Waals surface area contributed by atoms with Crippen LogP contribution in [0.3, 0.4) is 0 Å². The summed E-state index contributed by atoms with van der Waals surface area (Å²) in [6.45, 7) is 9.51. The highest BCUT2D eigenvalue weighted by atomic mass is 127. The highest BCUT2D eigenvalue weighted by Crippen LogP contribution is 2.18. The minimum atomic E-state index is 0. The lowest BCUT2D eigenvalue weighted by molar-refractivity contribution is 0.473. The average Bonchev–Trinajstić information content (AvgIpc) is 3.34. The molecule has 0 spiro atoms. The monoisotopic (exact) mass is 535 g/mol. The molecule has 0 aliphatic heterocycles. The lowest BCUT2D eigenvalue weighted by Crippen LogP contribution is -2.38. The highest BCUT2D eigenvalue weighted by molar-refractivity contribution is 14.0. The van der Waals surface area contributed by atoms with E-state index in [1.165, 1.54) is 16.7 Å². The molecule has 31 heavy (non-hydrogen) atoms. The van der Waals surface area contributed by atoms with Gasteiger partial charge in [0.1, 0.15) is 0 Å². The Hall–Kier alpha value is -2.36. The smallest absolute Gasteiger partial charge is 0.194 e. The maximum atomic E-state index is 4.88. The summed E-state index contributed by atoms with van der Waals surface area (Å²) in [5.74, 6) is 1.29. The highest BCUT2D eigenvalue weighted by Gasteiger charge is 2.15. The second-order valence-corrected chi connectivity index (χ2v) is 7.95. The summed E-state index contributed by atoms with van der Waals surface area (Å²) >= 11 is 0. The van der Waals surface area contributed by atoms with Gasteiger partial charge in [0.2, 0.25) is 0 Å². The molecular formula is C23H34IN7. The first-order valence-corrected chi connectivity index (χ1v) is 10.5. The van der Waals surface area contributed by atoms with Crippen LogP contribution in [0.15, 0.2) is 54.2 Å². The third-order valence-electron chi connectivity index (χ3n) is 4.92. The summed E-state index contributed by atoms with van der Waals surface area (Å²) in [7, 11) is 4.06. The maximum Gasteiger partial charge on any atom is 0.194 e. The fourth-order valence-corrected chi connectivity index (χ4v) is 3.55. The molecule has 1 aromatic carbocycles. The maximum absolute atomic E-state index is 4.88. The molecule has 0 aliphatic carbocycles. The van der Waals surface area contributed by atoms with E-state index in [-0.39, 0.29) is 24.0 Å². The minimum absolute atomic E-state index is 0. The predicted octanol–water partition coefficient (Wildman–Crippen LogP) is 4.00.